The zero-order chi connectivity index (χ0) is 15.5. The molecule has 0 bridgehead atoms. The van der Waals surface area contributed by atoms with Crippen molar-refractivity contribution in [1.82, 2.24) is 5.32 Å². The molecule has 1 amide bonds. The Bertz CT molecular complexity index is 498. The number of halogens is 3. The van der Waals surface area contributed by atoms with Gasteiger partial charge in [-0.05, 0) is 91.7 Å². The van der Waals surface area contributed by atoms with Gasteiger partial charge in [-0.2, -0.15) is 0 Å². The zero-order valence-electron chi connectivity index (χ0n) is 11.6. The van der Waals surface area contributed by atoms with Gasteiger partial charge >= 0.3 is 0 Å². The Hall–Kier alpha value is 0.840. The lowest BCUT2D eigenvalue weighted by Crippen LogP contribution is -2.44. The van der Waals surface area contributed by atoms with Gasteiger partial charge in [0.05, 0.1) is 5.56 Å². The minimum Gasteiger partial charge on any atom is -0.396 e. The fraction of sp³-hybridized carbons (Fsp3) is 0.500. The van der Waals surface area contributed by atoms with Gasteiger partial charge in [0.1, 0.15) is 0 Å². The van der Waals surface area contributed by atoms with E-state index in [9.17, 15) is 9.90 Å². The van der Waals surface area contributed by atoms with Gasteiger partial charge in [0, 0.05) is 23.4 Å². The third-order valence-electron chi connectivity index (χ3n) is 3.01. The van der Waals surface area contributed by atoms with Crippen molar-refractivity contribution in [3.63, 3.8) is 0 Å². The van der Waals surface area contributed by atoms with E-state index in [0.29, 0.717) is 12.0 Å². The van der Waals surface area contributed by atoms with Crippen LogP contribution in [0, 0.1) is 16.1 Å². The summed E-state index contributed by atoms with van der Waals surface area (Å²) >= 11 is 6.67. The number of aliphatic hydroxyl groups excluding tert-OH is 1. The van der Waals surface area contributed by atoms with E-state index in [1.54, 1.807) is 0 Å². The maximum absolute atomic E-state index is 12.5. The number of amides is 1. The molecule has 112 valence electrons. The number of carbonyl (C=O) groups excluding carboxylic acids is 1. The highest BCUT2D eigenvalue weighted by atomic mass is 127. The molecule has 0 aliphatic rings. The summed E-state index contributed by atoms with van der Waals surface area (Å²) in [5, 5.41) is 12.2. The summed E-state index contributed by atoms with van der Waals surface area (Å²) in [5.41, 5.74) is 0.618. The highest BCUT2D eigenvalue weighted by Crippen LogP contribution is 2.25. The van der Waals surface area contributed by atoms with E-state index in [1.165, 1.54) is 0 Å². The smallest absolute Gasteiger partial charge is 0.252 e. The molecule has 0 radical (unpaired) electrons. The number of hydrogen-bond acceptors (Lipinski definition) is 2. The Labute approximate surface area is 161 Å². The van der Waals surface area contributed by atoms with Crippen LogP contribution in [0.5, 0.6) is 0 Å². The van der Waals surface area contributed by atoms with E-state index in [0.717, 1.165) is 10.7 Å². The van der Waals surface area contributed by atoms with E-state index in [2.05, 4.69) is 99.9 Å². The fourth-order valence-electron chi connectivity index (χ4n) is 1.81. The predicted octanol–water partition coefficient (Wildman–Crippen LogP) is 4.03. The van der Waals surface area contributed by atoms with Gasteiger partial charge in [0.15, 0.2) is 0 Å². The highest BCUT2D eigenvalue weighted by molar-refractivity contribution is 14.1. The molecular weight excluding hydrogens is 595 g/mol. The van der Waals surface area contributed by atoms with Crippen LogP contribution in [-0.2, 0) is 0 Å². The lowest BCUT2D eigenvalue weighted by atomic mass is 9.85. The van der Waals surface area contributed by atoms with Crippen LogP contribution in [0.1, 0.15) is 37.6 Å². The third-order valence-corrected chi connectivity index (χ3v) is 6.67. The monoisotopic (exact) mass is 613 g/mol. The standard InChI is InChI=1S/C14H18I3NO2/c1-14(2,3)11(4-5-19)18-13(20)9-6-8(15)7-10(16)12(9)17/h6-7,11,19H,4-5H2,1-3H3,(H,18,20). The Balaban J connectivity index is 3.01. The third kappa shape index (κ3) is 5.24. The summed E-state index contributed by atoms with van der Waals surface area (Å²) in [7, 11) is 0. The summed E-state index contributed by atoms with van der Waals surface area (Å²) in [6.45, 7) is 6.27. The number of nitrogens with one attached hydrogen (secondary N) is 1. The normalized spacial score (nSPS) is 13.2. The topological polar surface area (TPSA) is 49.3 Å². The quantitative estimate of drug-likeness (QED) is 0.399. The molecule has 20 heavy (non-hydrogen) atoms. The molecule has 0 fully saturated rings. The summed E-state index contributed by atoms with van der Waals surface area (Å²) in [5.74, 6) is -0.0702. The van der Waals surface area contributed by atoms with Crippen LogP contribution >= 0.6 is 67.8 Å². The second-order valence-electron chi connectivity index (χ2n) is 5.65. The number of hydrogen-bond donors (Lipinski definition) is 2. The Kier molecular flexibility index (Phi) is 7.47. The number of benzene rings is 1. The van der Waals surface area contributed by atoms with Crippen molar-refractivity contribution in [2.45, 2.75) is 33.2 Å². The van der Waals surface area contributed by atoms with Crippen molar-refractivity contribution >= 4 is 73.7 Å². The van der Waals surface area contributed by atoms with E-state index in [4.69, 9.17) is 0 Å². The number of aliphatic hydroxyl groups is 1. The van der Waals surface area contributed by atoms with Gasteiger partial charge in [-0.25, -0.2) is 0 Å². The molecule has 1 unspecified atom stereocenters. The van der Waals surface area contributed by atoms with Crippen molar-refractivity contribution in [3.8, 4) is 0 Å². The van der Waals surface area contributed by atoms with Crippen LogP contribution in [-0.4, -0.2) is 23.7 Å². The molecule has 0 aliphatic heterocycles. The molecule has 1 aromatic rings. The second kappa shape index (κ2) is 7.91. The largest absolute Gasteiger partial charge is 0.396 e. The number of carbonyl (C=O) groups is 1. The molecular formula is C14H18I3NO2. The molecule has 0 spiro atoms. The highest BCUT2D eigenvalue weighted by Gasteiger charge is 2.27. The maximum atomic E-state index is 12.5. The first kappa shape index (κ1) is 18.9. The van der Waals surface area contributed by atoms with Crippen LogP contribution < -0.4 is 5.32 Å². The van der Waals surface area contributed by atoms with E-state index in [-0.39, 0.29) is 24.0 Å². The molecule has 0 aliphatic carbocycles. The molecule has 0 heterocycles. The second-order valence-corrected chi connectivity index (χ2v) is 9.14. The summed E-state index contributed by atoms with van der Waals surface area (Å²) in [6, 6.07) is 3.90. The fourth-order valence-corrected chi connectivity index (χ4v) is 4.21. The van der Waals surface area contributed by atoms with Crippen molar-refractivity contribution in [3.05, 3.63) is 28.4 Å². The Morgan fingerprint density at radius 1 is 1.30 bits per heavy atom. The lowest BCUT2D eigenvalue weighted by Gasteiger charge is -2.31. The molecule has 0 saturated heterocycles. The van der Waals surface area contributed by atoms with Gasteiger partial charge in [0.25, 0.3) is 5.91 Å². The zero-order valence-corrected chi connectivity index (χ0v) is 18.1. The lowest BCUT2D eigenvalue weighted by molar-refractivity contribution is 0.0884. The molecule has 6 heteroatoms. The molecule has 0 aromatic heterocycles. The average molecular weight is 613 g/mol. The van der Waals surface area contributed by atoms with Crippen molar-refractivity contribution in [2.24, 2.45) is 5.41 Å². The molecule has 3 nitrogen and oxygen atoms in total. The minimum absolute atomic E-state index is 0.0497. The molecule has 0 saturated carbocycles. The predicted molar refractivity (Wildman–Crippen MR) is 107 cm³/mol. The van der Waals surface area contributed by atoms with Gasteiger partial charge in [-0.3, -0.25) is 4.79 Å². The van der Waals surface area contributed by atoms with Gasteiger partial charge < -0.3 is 10.4 Å². The summed E-state index contributed by atoms with van der Waals surface area (Å²) in [4.78, 5) is 12.5. The summed E-state index contributed by atoms with van der Waals surface area (Å²) in [6.07, 6.45) is 0.562. The molecule has 1 rings (SSSR count). The van der Waals surface area contributed by atoms with Crippen LogP contribution in [0.15, 0.2) is 12.1 Å². The van der Waals surface area contributed by atoms with E-state index < -0.39 is 0 Å². The first-order valence-electron chi connectivity index (χ1n) is 6.23. The van der Waals surface area contributed by atoms with Gasteiger partial charge in [-0.1, -0.05) is 20.8 Å². The van der Waals surface area contributed by atoms with Crippen LogP contribution in [0.2, 0.25) is 0 Å². The van der Waals surface area contributed by atoms with E-state index >= 15 is 0 Å². The summed E-state index contributed by atoms with van der Waals surface area (Å²) < 4.78 is 3.10. The van der Waals surface area contributed by atoms with E-state index in [1.807, 2.05) is 6.07 Å². The van der Waals surface area contributed by atoms with Crippen molar-refractivity contribution in [2.75, 3.05) is 6.61 Å². The van der Waals surface area contributed by atoms with Crippen LogP contribution in [0.4, 0.5) is 0 Å². The van der Waals surface area contributed by atoms with Crippen molar-refractivity contribution in [1.29, 1.82) is 0 Å². The molecule has 2 N–H and O–H groups in total. The van der Waals surface area contributed by atoms with Crippen LogP contribution in [0.25, 0.3) is 0 Å². The molecule has 1 aromatic carbocycles. The Morgan fingerprint density at radius 3 is 2.40 bits per heavy atom. The maximum Gasteiger partial charge on any atom is 0.252 e. The molecule has 1 atom stereocenters. The number of rotatable bonds is 4. The SMILES string of the molecule is CC(C)(C)C(CCO)NC(=O)c1cc(I)cc(I)c1I. The van der Waals surface area contributed by atoms with Gasteiger partial charge in [0.2, 0.25) is 0 Å². The first-order valence-corrected chi connectivity index (χ1v) is 9.46. The van der Waals surface area contributed by atoms with Crippen LogP contribution in [0.3, 0.4) is 0 Å². The minimum atomic E-state index is -0.0844. The average Bonchev–Trinajstić information content (AvgIpc) is 2.31. The first-order chi connectivity index (χ1) is 9.16. The van der Waals surface area contributed by atoms with Gasteiger partial charge in [-0.15, -0.1) is 0 Å². The Morgan fingerprint density at radius 2 is 1.90 bits per heavy atom. The van der Waals surface area contributed by atoms with Crippen molar-refractivity contribution < 1.29 is 9.90 Å².